The number of fused-ring (bicyclic) bond motifs is 5. The van der Waals surface area contributed by atoms with Crippen molar-refractivity contribution in [3.63, 3.8) is 0 Å². The Bertz CT molecular complexity index is 626. The van der Waals surface area contributed by atoms with Gasteiger partial charge in [0, 0.05) is 21.3 Å². The van der Waals surface area contributed by atoms with Gasteiger partial charge >= 0.3 is 0 Å². The summed E-state index contributed by atoms with van der Waals surface area (Å²) in [6.45, 7) is 9.90. The Balaban J connectivity index is 1.66. The van der Waals surface area contributed by atoms with Crippen molar-refractivity contribution in [3.8, 4) is 0 Å². The van der Waals surface area contributed by atoms with Gasteiger partial charge in [-0.3, -0.25) is 4.79 Å². The van der Waals surface area contributed by atoms with Gasteiger partial charge in [0.05, 0.1) is 6.10 Å². The number of carbonyl (C=O) groups is 1. The molecule has 0 saturated heterocycles. The highest BCUT2D eigenvalue weighted by Gasteiger charge is 2.65. The molecule has 4 aliphatic rings. The monoisotopic (exact) mass is 532 g/mol. The average Bonchev–Trinajstić information content (AvgIpc) is 3.06. The first-order chi connectivity index (χ1) is 13.8. The molecular weight excluding hydrogens is 490 g/mol. The first-order valence-electron chi connectivity index (χ1n) is 12.3. The lowest BCUT2D eigenvalue weighted by atomic mass is 9.42. The van der Waals surface area contributed by atoms with Crippen molar-refractivity contribution in [1.82, 2.24) is 0 Å². The van der Waals surface area contributed by atoms with Gasteiger partial charge in [-0.25, -0.2) is 0 Å². The van der Waals surface area contributed by atoms with E-state index in [1.807, 2.05) is 0 Å². The molecule has 0 aromatic heterocycles. The van der Waals surface area contributed by atoms with Crippen LogP contribution in [0.2, 0.25) is 0 Å². The number of rotatable bonds is 5. The fraction of sp³-hybridized carbons (Fsp3) is 0.960. The fourth-order valence-corrected chi connectivity index (χ4v) is 10.3. The second-order valence-corrected chi connectivity index (χ2v) is 12.8. The molecule has 0 amide bonds. The summed E-state index contributed by atoms with van der Waals surface area (Å²) in [5.41, 5.74) is 0.732. The minimum absolute atomic E-state index is 0.261. The van der Waals surface area contributed by atoms with Crippen LogP contribution in [0.15, 0.2) is 0 Å². The Morgan fingerprint density at radius 3 is 2.45 bits per heavy atom. The van der Waals surface area contributed by atoms with Crippen LogP contribution < -0.4 is 0 Å². The summed E-state index contributed by atoms with van der Waals surface area (Å²) < 4.78 is 6.96. The summed E-state index contributed by atoms with van der Waals surface area (Å²) in [6.07, 6.45) is 11.5. The predicted octanol–water partition coefficient (Wildman–Crippen LogP) is 7.10. The van der Waals surface area contributed by atoms with E-state index in [1.165, 1.54) is 49.4 Å². The van der Waals surface area contributed by atoms with Crippen LogP contribution in [0.4, 0.5) is 0 Å². The zero-order chi connectivity index (χ0) is 21.0. The van der Waals surface area contributed by atoms with Crippen molar-refractivity contribution in [2.24, 2.45) is 52.3 Å². The highest BCUT2D eigenvalue weighted by Crippen LogP contribution is 2.68. The molecule has 4 aliphatic carbocycles. The summed E-state index contributed by atoms with van der Waals surface area (Å²) in [7, 11) is 2.49. The lowest BCUT2D eigenvalue weighted by molar-refractivity contribution is -0.172. The van der Waals surface area contributed by atoms with Gasteiger partial charge in [-0.05, 0) is 103 Å². The summed E-state index contributed by atoms with van der Waals surface area (Å²) in [4.78, 5) is 14.0. The molecule has 4 fully saturated rings. The Hall–Kier alpha value is 0.790. The maximum absolute atomic E-state index is 14.0. The van der Waals surface area contributed by atoms with E-state index in [0.29, 0.717) is 46.4 Å². The van der Waals surface area contributed by atoms with Crippen LogP contribution in [0.3, 0.4) is 0 Å². The number of carbonyl (C=O) groups excluding carboxylic acids is 1. The molecule has 0 heterocycles. The zero-order valence-electron chi connectivity index (χ0n) is 19.0. The molecule has 4 saturated carbocycles. The third kappa shape index (κ3) is 3.50. The molecule has 4 heteroatoms. The second-order valence-electron chi connectivity index (χ2n) is 11.5. The van der Waals surface area contributed by atoms with Crippen LogP contribution in [-0.4, -0.2) is 16.3 Å². The fourth-order valence-electron chi connectivity index (χ4n) is 9.09. The lowest BCUT2D eigenvalue weighted by Crippen LogP contribution is -2.60. The van der Waals surface area contributed by atoms with Crippen molar-refractivity contribution in [3.05, 3.63) is 0 Å². The molecule has 11 atom stereocenters. The molecule has 166 valence electrons. The maximum Gasteiger partial charge on any atom is 0.139 e. The number of ketones is 1. The average molecular weight is 532 g/mol. The van der Waals surface area contributed by atoms with E-state index >= 15 is 0 Å². The van der Waals surface area contributed by atoms with E-state index in [4.69, 9.17) is 4.52 Å². The number of halogens is 1. The minimum Gasteiger partial charge on any atom is -0.362 e. The van der Waals surface area contributed by atoms with E-state index in [1.54, 1.807) is 0 Å². The van der Waals surface area contributed by atoms with Crippen LogP contribution in [-0.2, 0) is 9.32 Å². The first kappa shape index (κ1) is 23.0. The molecule has 0 aliphatic heterocycles. The van der Waals surface area contributed by atoms with Crippen LogP contribution in [0, 0.1) is 52.3 Å². The number of hydrogen-bond acceptors (Lipinski definition) is 2. The van der Waals surface area contributed by atoms with Crippen molar-refractivity contribution in [1.29, 1.82) is 0 Å². The highest BCUT2D eigenvalue weighted by atomic mass is 127. The third-order valence-corrected chi connectivity index (χ3v) is 11.6. The molecule has 4 unspecified atom stereocenters. The van der Waals surface area contributed by atoms with Crippen molar-refractivity contribution in [2.75, 3.05) is 4.43 Å². The smallest absolute Gasteiger partial charge is 0.139 e. The largest absolute Gasteiger partial charge is 0.362 e. The van der Waals surface area contributed by atoms with Crippen LogP contribution in [0.5, 0.6) is 0 Å². The third-order valence-electron chi connectivity index (χ3n) is 10.6. The molecule has 0 radical (unpaired) electrons. The molecule has 0 spiro atoms. The van der Waals surface area contributed by atoms with E-state index in [2.05, 4.69) is 59.8 Å². The lowest BCUT2D eigenvalue weighted by Gasteiger charge is -2.62. The first-order valence-corrected chi connectivity index (χ1v) is 14.3. The summed E-state index contributed by atoms with van der Waals surface area (Å²) in [5.74, 6) is 4.66. The Labute approximate surface area is 194 Å². The summed E-state index contributed by atoms with van der Waals surface area (Å²) >= 11 is 2.54. The molecule has 29 heavy (non-hydrogen) atoms. The molecule has 2 nitrogen and oxygen atoms in total. The van der Waals surface area contributed by atoms with Crippen molar-refractivity contribution >= 4 is 37.8 Å². The van der Waals surface area contributed by atoms with Gasteiger partial charge in [0.25, 0.3) is 0 Å². The normalized spacial score (nSPS) is 50.6. The van der Waals surface area contributed by atoms with Crippen molar-refractivity contribution in [2.45, 2.75) is 91.6 Å². The van der Waals surface area contributed by atoms with E-state index < -0.39 is 0 Å². The number of hydrogen-bond donors (Lipinski definition) is 0. The molecule has 0 N–H and O–H groups in total. The van der Waals surface area contributed by atoms with Crippen LogP contribution in [0.1, 0.15) is 85.5 Å². The quantitative estimate of drug-likeness (QED) is 0.215. The molecule has 0 bridgehead atoms. The van der Waals surface area contributed by atoms with Gasteiger partial charge in [0.1, 0.15) is 5.78 Å². The molecule has 0 aromatic carbocycles. The Morgan fingerprint density at radius 2 is 1.79 bits per heavy atom. The zero-order valence-corrected chi connectivity index (χ0v) is 22.3. The van der Waals surface area contributed by atoms with Gasteiger partial charge in [-0.15, -0.1) is 0 Å². The van der Waals surface area contributed by atoms with Gasteiger partial charge in [-0.1, -0.05) is 50.3 Å². The summed E-state index contributed by atoms with van der Waals surface area (Å²) in [6, 6.07) is 0. The van der Waals surface area contributed by atoms with E-state index in [9.17, 15) is 4.79 Å². The second kappa shape index (κ2) is 8.62. The SMILES string of the molecule is CC[C@H]1C(=O)C2C3CC[C@H]([C@H](C)CCI)[C@@]3(C)CCC2[C@@]2(C)CC[C@@H](OP)C[C@@H]12. The van der Waals surface area contributed by atoms with Gasteiger partial charge in [0.15, 0.2) is 0 Å². The molecular formula is C25H42IO2P. The van der Waals surface area contributed by atoms with E-state index in [-0.39, 0.29) is 5.92 Å². The number of Topliss-reactive ketones (excluding diaryl/α,β-unsaturated/α-hetero) is 1. The van der Waals surface area contributed by atoms with Gasteiger partial charge < -0.3 is 4.52 Å². The predicted molar refractivity (Wildman–Crippen MR) is 132 cm³/mol. The van der Waals surface area contributed by atoms with Crippen LogP contribution in [0.25, 0.3) is 0 Å². The minimum atomic E-state index is 0.261. The number of alkyl halides is 1. The topological polar surface area (TPSA) is 26.3 Å². The standard InChI is InChI=1S/C25H42IO2P/c1-5-17-21-14-16(28-29)8-11-25(21,4)20-9-12-24(3)18(15(2)10-13-26)6-7-19(24)22(20)23(17)27/h15-22H,5-14,29H2,1-4H3/t15-,16-,17-,18-,19?,20?,21+,22?,24-,25-/m1/s1. The maximum atomic E-state index is 14.0. The Kier molecular flexibility index (Phi) is 6.83. The molecule has 0 aromatic rings. The van der Waals surface area contributed by atoms with Crippen molar-refractivity contribution < 1.29 is 9.32 Å². The highest BCUT2D eigenvalue weighted by molar-refractivity contribution is 14.1. The van der Waals surface area contributed by atoms with Gasteiger partial charge in [0.2, 0.25) is 0 Å². The van der Waals surface area contributed by atoms with Gasteiger partial charge in [-0.2, -0.15) is 0 Å². The van der Waals surface area contributed by atoms with E-state index in [0.717, 1.165) is 24.7 Å². The molecule has 4 rings (SSSR count). The van der Waals surface area contributed by atoms with Crippen LogP contribution >= 0.6 is 32.1 Å². The Morgan fingerprint density at radius 1 is 1.10 bits per heavy atom. The summed E-state index contributed by atoms with van der Waals surface area (Å²) in [5, 5.41) is 0.